The molecule has 0 amide bonds. The lowest BCUT2D eigenvalue weighted by molar-refractivity contribution is 0.464. The van der Waals surface area contributed by atoms with Gasteiger partial charge >= 0.3 is 0 Å². The normalized spacial score (nSPS) is 10.6. The molecule has 4 heteroatoms. The Morgan fingerprint density at radius 2 is 1.95 bits per heavy atom. The van der Waals surface area contributed by atoms with E-state index in [1.165, 1.54) is 0 Å². The number of fused-ring (bicyclic) bond motifs is 1. The maximum absolute atomic E-state index is 5.91. The van der Waals surface area contributed by atoms with E-state index in [2.05, 4.69) is 10.2 Å². The second kappa shape index (κ2) is 4.57. The fraction of sp³-hybridized carbons (Fsp3) is 0.0667. The molecule has 0 aliphatic carbocycles. The molecule has 0 aliphatic heterocycles. The predicted octanol–water partition coefficient (Wildman–Crippen LogP) is 3.31. The molecule has 2 aromatic carbocycles. The van der Waals surface area contributed by atoms with Gasteiger partial charge in [0.05, 0.1) is 11.9 Å². The zero-order valence-electron chi connectivity index (χ0n) is 10.5. The van der Waals surface area contributed by atoms with Gasteiger partial charge in [-0.15, -0.1) is 5.10 Å². The Kier molecular flexibility index (Phi) is 2.76. The van der Waals surface area contributed by atoms with Crippen molar-refractivity contribution in [3.8, 4) is 11.6 Å². The van der Waals surface area contributed by atoms with Crippen LogP contribution in [0.25, 0.3) is 10.8 Å². The van der Waals surface area contributed by atoms with Gasteiger partial charge in [-0.3, -0.25) is 0 Å². The van der Waals surface area contributed by atoms with Crippen molar-refractivity contribution < 1.29 is 4.74 Å². The fourth-order valence-corrected chi connectivity index (χ4v) is 1.91. The maximum atomic E-state index is 5.91. The Morgan fingerprint density at radius 3 is 2.84 bits per heavy atom. The summed E-state index contributed by atoms with van der Waals surface area (Å²) in [6, 6.07) is 13.5. The summed E-state index contributed by atoms with van der Waals surface area (Å²) in [7, 11) is 0. The molecule has 0 saturated carbocycles. The molecule has 0 unspecified atom stereocenters. The number of anilines is 1. The van der Waals surface area contributed by atoms with Crippen LogP contribution in [0, 0.1) is 6.92 Å². The SMILES string of the molecule is Cc1ccc(N)c(Oc2nncc3ccccc23)c1. The van der Waals surface area contributed by atoms with Gasteiger partial charge in [0.15, 0.2) is 5.75 Å². The molecule has 2 N–H and O–H groups in total. The molecule has 3 rings (SSSR count). The second-order valence-corrected chi connectivity index (χ2v) is 4.38. The number of hydrogen-bond donors (Lipinski definition) is 1. The van der Waals surface area contributed by atoms with Gasteiger partial charge in [-0.25, -0.2) is 0 Å². The van der Waals surface area contributed by atoms with Crippen LogP contribution in [-0.2, 0) is 0 Å². The van der Waals surface area contributed by atoms with Crippen molar-refractivity contribution in [2.45, 2.75) is 6.92 Å². The highest BCUT2D eigenvalue weighted by Gasteiger charge is 2.08. The topological polar surface area (TPSA) is 61.0 Å². The molecular weight excluding hydrogens is 238 g/mol. The van der Waals surface area contributed by atoms with E-state index in [4.69, 9.17) is 10.5 Å². The molecule has 1 heterocycles. The van der Waals surface area contributed by atoms with Gasteiger partial charge in [0.2, 0.25) is 5.88 Å². The van der Waals surface area contributed by atoms with Crippen LogP contribution in [0.2, 0.25) is 0 Å². The minimum atomic E-state index is 0.468. The van der Waals surface area contributed by atoms with Crippen LogP contribution in [0.1, 0.15) is 5.56 Å². The largest absolute Gasteiger partial charge is 0.435 e. The van der Waals surface area contributed by atoms with Crippen molar-refractivity contribution in [1.29, 1.82) is 0 Å². The summed E-state index contributed by atoms with van der Waals surface area (Å²) in [5.41, 5.74) is 7.57. The number of nitrogen functional groups attached to an aromatic ring is 1. The van der Waals surface area contributed by atoms with E-state index in [0.717, 1.165) is 16.3 Å². The van der Waals surface area contributed by atoms with E-state index in [1.807, 2.05) is 49.4 Å². The molecule has 0 aliphatic rings. The molecule has 0 fully saturated rings. The first-order valence-corrected chi connectivity index (χ1v) is 5.98. The average molecular weight is 251 g/mol. The molecule has 3 aromatic rings. The Labute approximate surface area is 110 Å². The van der Waals surface area contributed by atoms with Gasteiger partial charge < -0.3 is 10.5 Å². The summed E-state index contributed by atoms with van der Waals surface area (Å²) in [6.45, 7) is 1.99. The standard InChI is InChI=1S/C15H13N3O/c1-10-6-7-13(16)14(8-10)19-15-12-5-3-2-4-11(12)9-17-18-15/h2-9H,16H2,1H3. The van der Waals surface area contributed by atoms with E-state index in [9.17, 15) is 0 Å². The molecule has 4 nitrogen and oxygen atoms in total. The lowest BCUT2D eigenvalue weighted by Gasteiger charge is -2.09. The van der Waals surface area contributed by atoms with Gasteiger partial charge in [0.1, 0.15) is 0 Å². The van der Waals surface area contributed by atoms with Crippen molar-refractivity contribution in [1.82, 2.24) is 10.2 Å². The lowest BCUT2D eigenvalue weighted by Crippen LogP contribution is -1.96. The van der Waals surface area contributed by atoms with Gasteiger partial charge in [-0.2, -0.15) is 5.10 Å². The summed E-state index contributed by atoms with van der Waals surface area (Å²) in [5.74, 6) is 1.07. The number of hydrogen-bond acceptors (Lipinski definition) is 4. The molecule has 1 aromatic heterocycles. The van der Waals surface area contributed by atoms with E-state index >= 15 is 0 Å². The number of aromatic nitrogens is 2. The van der Waals surface area contributed by atoms with Crippen LogP contribution >= 0.6 is 0 Å². The number of nitrogens with zero attached hydrogens (tertiary/aromatic N) is 2. The smallest absolute Gasteiger partial charge is 0.246 e. The minimum absolute atomic E-state index is 0.468. The van der Waals surface area contributed by atoms with Crippen LogP contribution in [0.4, 0.5) is 5.69 Å². The number of nitrogens with two attached hydrogens (primary N) is 1. The van der Waals surface area contributed by atoms with Gasteiger partial charge in [0, 0.05) is 10.8 Å². The third-order valence-electron chi connectivity index (χ3n) is 2.91. The highest BCUT2D eigenvalue weighted by Crippen LogP contribution is 2.30. The summed E-state index contributed by atoms with van der Waals surface area (Å²) in [5, 5.41) is 9.89. The van der Waals surface area contributed by atoms with Crippen molar-refractivity contribution in [3.05, 3.63) is 54.2 Å². The highest BCUT2D eigenvalue weighted by atomic mass is 16.5. The Balaban J connectivity index is 2.08. The predicted molar refractivity (Wildman–Crippen MR) is 75.2 cm³/mol. The van der Waals surface area contributed by atoms with Crippen molar-refractivity contribution in [2.75, 3.05) is 5.73 Å². The Morgan fingerprint density at radius 1 is 1.11 bits per heavy atom. The van der Waals surface area contributed by atoms with Crippen LogP contribution < -0.4 is 10.5 Å². The quantitative estimate of drug-likeness (QED) is 0.710. The van der Waals surface area contributed by atoms with E-state index in [-0.39, 0.29) is 0 Å². The zero-order valence-corrected chi connectivity index (χ0v) is 10.5. The van der Waals surface area contributed by atoms with Crippen LogP contribution in [0.3, 0.4) is 0 Å². The minimum Gasteiger partial charge on any atom is -0.435 e. The van der Waals surface area contributed by atoms with E-state index < -0.39 is 0 Å². The van der Waals surface area contributed by atoms with Gasteiger partial charge in [-0.1, -0.05) is 24.3 Å². The monoisotopic (exact) mass is 251 g/mol. The van der Waals surface area contributed by atoms with E-state index in [0.29, 0.717) is 17.3 Å². The van der Waals surface area contributed by atoms with Crippen molar-refractivity contribution in [2.24, 2.45) is 0 Å². The number of aryl methyl sites for hydroxylation is 1. The van der Waals surface area contributed by atoms with Crippen LogP contribution in [0.15, 0.2) is 48.7 Å². The summed E-state index contributed by atoms with van der Waals surface area (Å²) in [4.78, 5) is 0. The van der Waals surface area contributed by atoms with Crippen molar-refractivity contribution >= 4 is 16.5 Å². The summed E-state index contributed by atoms with van der Waals surface area (Å²) >= 11 is 0. The first kappa shape index (κ1) is 11.5. The molecule has 0 saturated heterocycles. The molecular formula is C15H13N3O. The van der Waals surface area contributed by atoms with Crippen LogP contribution in [-0.4, -0.2) is 10.2 Å². The molecule has 19 heavy (non-hydrogen) atoms. The van der Waals surface area contributed by atoms with Crippen molar-refractivity contribution in [3.63, 3.8) is 0 Å². The lowest BCUT2D eigenvalue weighted by atomic mass is 10.2. The maximum Gasteiger partial charge on any atom is 0.246 e. The highest BCUT2D eigenvalue weighted by molar-refractivity contribution is 5.86. The third kappa shape index (κ3) is 2.20. The third-order valence-corrected chi connectivity index (χ3v) is 2.91. The number of ether oxygens (including phenoxy) is 1. The summed E-state index contributed by atoms with van der Waals surface area (Å²) in [6.07, 6.45) is 1.71. The van der Waals surface area contributed by atoms with E-state index in [1.54, 1.807) is 6.20 Å². The Hall–Kier alpha value is -2.62. The fourth-order valence-electron chi connectivity index (χ4n) is 1.91. The molecule has 0 spiro atoms. The first-order valence-electron chi connectivity index (χ1n) is 5.98. The Bertz CT molecular complexity index is 735. The second-order valence-electron chi connectivity index (χ2n) is 4.38. The summed E-state index contributed by atoms with van der Waals surface area (Å²) < 4.78 is 5.80. The van der Waals surface area contributed by atoms with Gasteiger partial charge in [-0.05, 0) is 30.7 Å². The molecule has 0 radical (unpaired) electrons. The first-order chi connectivity index (χ1) is 9.24. The molecule has 0 atom stereocenters. The average Bonchev–Trinajstić information content (AvgIpc) is 2.43. The van der Waals surface area contributed by atoms with Gasteiger partial charge in [0.25, 0.3) is 0 Å². The number of benzene rings is 2. The van der Waals surface area contributed by atoms with Crippen LogP contribution in [0.5, 0.6) is 11.6 Å². The zero-order chi connectivity index (χ0) is 13.2. The molecule has 94 valence electrons. The molecule has 0 bridgehead atoms. The number of rotatable bonds is 2.